The molecule has 1 amide bonds. The van der Waals surface area contributed by atoms with Gasteiger partial charge in [0, 0.05) is 19.3 Å². The summed E-state index contributed by atoms with van der Waals surface area (Å²) < 4.78 is 1.52. The fourth-order valence-corrected chi connectivity index (χ4v) is 4.92. The van der Waals surface area contributed by atoms with E-state index in [1.54, 1.807) is 17.2 Å². The lowest BCUT2D eigenvalue weighted by Gasteiger charge is -2.25. The molecule has 0 aliphatic rings. The number of likely N-dealkylation sites (N-methyl/N-ethyl adjacent to an activating group) is 1. The summed E-state index contributed by atoms with van der Waals surface area (Å²) in [5, 5.41) is 0.401. The zero-order valence-electron chi connectivity index (χ0n) is 18.9. The fourth-order valence-electron chi connectivity index (χ4n) is 3.73. The Morgan fingerprint density at radius 2 is 1.73 bits per heavy atom. The average molecular weight is 459 g/mol. The second-order valence-electron chi connectivity index (χ2n) is 7.66. The SMILES string of the molecule is CCN(CC)C(=O)C(Sc1nc2ccccc2c(=O)n1-c1cc(C)ccn1)c1ccccc1. The first kappa shape index (κ1) is 22.7. The van der Waals surface area contributed by atoms with Crippen molar-refractivity contribution in [2.45, 2.75) is 31.2 Å². The molecule has 0 saturated heterocycles. The lowest BCUT2D eigenvalue weighted by molar-refractivity contribution is -0.130. The maximum Gasteiger partial charge on any atom is 0.267 e. The summed E-state index contributed by atoms with van der Waals surface area (Å²) in [6.07, 6.45) is 1.68. The molecule has 0 aliphatic carbocycles. The van der Waals surface area contributed by atoms with Crippen LogP contribution in [0.25, 0.3) is 16.7 Å². The number of hydrogen-bond acceptors (Lipinski definition) is 5. The first-order valence-corrected chi connectivity index (χ1v) is 11.9. The zero-order chi connectivity index (χ0) is 23.4. The third kappa shape index (κ3) is 4.68. The highest BCUT2D eigenvalue weighted by Crippen LogP contribution is 2.36. The lowest BCUT2D eigenvalue weighted by atomic mass is 10.1. The Hall–Kier alpha value is -3.45. The first-order chi connectivity index (χ1) is 16.0. The first-order valence-electron chi connectivity index (χ1n) is 11.0. The molecule has 4 aromatic rings. The maximum absolute atomic E-state index is 13.6. The summed E-state index contributed by atoms with van der Waals surface area (Å²) in [4.78, 5) is 38.2. The van der Waals surface area contributed by atoms with E-state index >= 15 is 0 Å². The van der Waals surface area contributed by atoms with E-state index in [1.165, 1.54) is 16.3 Å². The lowest BCUT2D eigenvalue weighted by Crippen LogP contribution is -2.34. The van der Waals surface area contributed by atoms with Crippen molar-refractivity contribution in [1.82, 2.24) is 19.4 Å². The number of para-hydroxylation sites is 1. The van der Waals surface area contributed by atoms with Gasteiger partial charge in [0.2, 0.25) is 5.91 Å². The molecule has 33 heavy (non-hydrogen) atoms. The van der Waals surface area contributed by atoms with Gasteiger partial charge in [-0.05, 0) is 56.2 Å². The van der Waals surface area contributed by atoms with Gasteiger partial charge in [-0.2, -0.15) is 0 Å². The topological polar surface area (TPSA) is 68.1 Å². The number of aromatic nitrogens is 3. The van der Waals surface area contributed by atoms with Crippen molar-refractivity contribution in [3.05, 3.63) is 94.4 Å². The van der Waals surface area contributed by atoms with E-state index in [9.17, 15) is 9.59 Å². The zero-order valence-corrected chi connectivity index (χ0v) is 19.7. The smallest absolute Gasteiger partial charge is 0.267 e. The third-order valence-corrected chi connectivity index (χ3v) is 6.69. The van der Waals surface area contributed by atoms with E-state index in [0.717, 1.165) is 11.1 Å². The van der Waals surface area contributed by atoms with Crippen LogP contribution in [0.2, 0.25) is 0 Å². The minimum absolute atomic E-state index is 0.0117. The number of carbonyl (C=O) groups excluding carboxylic acids is 1. The highest BCUT2D eigenvalue weighted by Gasteiger charge is 2.28. The van der Waals surface area contributed by atoms with Gasteiger partial charge in [-0.25, -0.2) is 14.5 Å². The average Bonchev–Trinajstić information content (AvgIpc) is 2.84. The molecular formula is C26H26N4O2S. The van der Waals surface area contributed by atoms with Crippen LogP contribution in [0.15, 0.2) is 82.9 Å². The van der Waals surface area contributed by atoms with Gasteiger partial charge >= 0.3 is 0 Å². The van der Waals surface area contributed by atoms with Crippen LogP contribution in [-0.4, -0.2) is 38.4 Å². The van der Waals surface area contributed by atoms with Crippen molar-refractivity contribution in [2.75, 3.05) is 13.1 Å². The Bertz CT molecular complexity index is 1330. The number of hydrogen-bond donors (Lipinski definition) is 0. The molecule has 168 valence electrons. The van der Waals surface area contributed by atoms with Crippen LogP contribution in [0.3, 0.4) is 0 Å². The number of benzene rings is 2. The predicted octanol–water partition coefficient (Wildman–Crippen LogP) is 4.79. The molecule has 0 radical (unpaired) electrons. The molecule has 1 unspecified atom stereocenters. The summed E-state index contributed by atoms with van der Waals surface area (Å²) in [7, 11) is 0. The van der Waals surface area contributed by atoms with Gasteiger partial charge in [-0.15, -0.1) is 0 Å². The number of thioether (sulfide) groups is 1. The van der Waals surface area contributed by atoms with Crippen molar-refractivity contribution in [3.63, 3.8) is 0 Å². The van der Waals surface area contributed by atoms with Gasteiger partial charge in [-0.3, -0.25) is 9.59 Å². The largest absolute Gasteiger partial charge is 0.342 e. The van der Waals surface area contributed by atoms with Gasteiger partial charge < -0.3 is 4.90 Å². The van der Waals surface area contributed by atoms with Crippen LogP contribution in [0.1, 0.15) is 30.2 Å². The van der Waals surface area contributed by atoms with E-state index in [4.69, 9.17) is 4.98 Å². The standard InChI is InChI=1S/C26H26N4O2S/c1-4-29(5-2)25(32)23(19-11-7-6-8-12-19)33-26-28-21-14-10-9-13-20(21)24(31)30(26)22-17-18(3)15-16-27-22/h6-17,23H,4-5H2,1-3H3. The van der Waals surface area contributed by atoms with Crippen LogP contribution in [0.4, 0.5) is 0 Å². The molecule has 1 atom stereocenters. The van der Waals surface area contributed by atoms with Gasteiger partial charge in [0.1, 0.15) is 11.1 Å². The number of amides is 1. The second-order valence-corrected chi connectivity index (χ2v) is 8.73. The minimum atomic E-state index is -0.546. The molecule has 0 saturated carbocycles. The van der Waals surface area contributed by atoms with Crippen molar-refractivity contribution < 1.29 is 4.79 Å². The molecule has 7 heteroatoms. The molecule has 0 fully saturated rings. The maximum atomic E-state index is 13.6. The Balaban J connectivity index is 1.92. The molecule has 2 aromatic heterocycles. The highest BCUT2D eigenvalue weighted by molar-refractivity contribution is 8.00. The van der Waals surface area contributed by atoms with Crippen molar-refractivity contribution in [2.24, 2.45) is 0 Å². The molecule has 2 heterocycles. The summed E-state index contributed by atoms with van der Waals surface area (Å²) in [6.45, 7) is 7.10. The highest BCUT2D eigenvalue weighted by atomic mass is 32.2. The fraction of sp³-hybridized carbons (Fsp3) is 0.231. The Morgan fingerprint density at radius 3 is 2.42 bits per heavy atom. The van der Waals surface area contributed by atoms with E-state index in [1.807, 2.05) is 81.4 Å². The Labute approximate surface area is 197 Å². The molecule has 0 aliphatic heterocycles. The number of pyridine rings is 1. The number of aryl methyl sites for hydroxylation is 1. The van der Waals surface area contributed by atoms with Crippen LogP contribution < -0.4 is 5.56 Å². The summed E-state index contributed by atoms with van der Waals surface area (Å²) in [5.74, 6) is 0.477. The molecule has 0 bridgehead atoms. The van der Waals surface area contributed by atoms with Gasteiger partial charge in [0.15, 0.2) is 5.16 Å². The van der Waals surface area contributed by atoms with E-state index in [2.05, 4.69) is 4.98 Å². The normalized spacial score (nSPS) is 12.0. The van der Waals surface area contributed by atoms with Crippen LogP contribution in [0, 0.1) is 6.92 Å². The number of nitrogens with zero attached hydrogens (tertiary/aromatic N) is 4. The number of fused-ring (bicyclic) bond motifs is 1. The molecule has 4 rings (SSSR count). The number of carbonyl (C=O) groups is 1. The van der Waals surface area contributed by atoms with Crippen LogP contribution in [0.5, 0.6) is 0 Å². The predicted molar refractivity (Wildman–Crippen MR) is 133 cm³/mol. The second kappa shape index (κ2) is 10.0. The quantitative estimate of drug-likeness (QED) is 0.294. The van der Waals surface area contributed by atoms with Gasteiger partial charge in [0.25, 0.3) is 5.56 Å². The molecule has 6 nitrogen and oxygen atoms in total. The molecule has 0 N–H and O–H groups in total. The summed E-state index contributed by atoms with van der Waals surface area (Å²) >= 11 is 1.29. The Kier molecular flexibility index (Phi) is 6.89. The van der Waals surface area contributed by atoms with Crippen molar-refractivity contribution >= 4 is 28.6 Å². The van der Waals surface area contributed by atoms with Crippen LogP contribution >= 0.6 is 11.8 Å². The van der Waals surface area contributed by atoms with E-state index in [-0.39, 0.29) is 11.5 Å². The minimum Gasteiger partial charge on any atom is -0.342 e. The van der Waals surface area contributed by atoms with Gasteiger partial charge in [-0.1, -0.05) is 54.2 Å². The Morgan fingerprint density at radius 1 is 1.03 bits per heavy atom. The van der Waals surface area contributed by atoms with Crippen molar-refractivity contribution in [1.29, 1.82) is 0 Å². The van der Waals surface area contributed by atoms with Crippen molar-refractivity contribution in [3.8, 4) is 5.82 Å². The van der Waals surface area contributed by atoms with Crippen LogP contribution in [-0.2, 0) is 4.79 Å². The van der Waals surface area contributed by atoms with E-state index < -0.39 is 5.25 Å². The molecule has 2 aromatic carbocycles. The third-order valence-electron chi connectivity index (χ3n) is 5.50. The molecular weight excluding hydrogens is 432 g/mol. The monoisotopic (exact) mass is 458 g/mol. The summed E-state index contributed by atoms with van der Waals surface area (Å²) in [6, 6.07) is 20.6. The molecule has 0 spiro atoms. The summed E-state index contributed by atoms with van der Waals surface area (Å²) in [5.41, 5.74) is 2.24. The van der Waals surface area contributed by atoms with E-state index in [0.29, 0.717) is 35.0 Å². The number of rotatable bonds is 7. The van der Waals surface area contributed by atoms with Gasteiger partial charge in [0.05, 0.1) is 10.9 Å².